The third-order valence-corrected chi connectivity index (χ3v) is 9.22. The van der Waals surface area contributed by atoms with E-state index in [1.165, 1.54) is 21.8 Å². The second-order valence-electron chi connectivity index (χ2n) is 11.9. The van der Waals surface area contributed by atoms with Crippen molar-refractivity contribution in [1.29, 1.82) is 0 Å². The highest BCUT2D eigenvalue weighted by molar-refractivity contribution is 6.20. The van der Waals surface area contributed by atoms with Crippen molar-refractivity contribution in [2.75, 3.05) is 20.6 Å². The molecular weight excluding hydrogens is 552 g/mol. The van der Waals surface area contributed by atoms with Crippen LogP contribution in [0.2, 0.25) is 0 Å². The number of hydrogen-bond donors (Lipinski definition) is 3. The monoisotopic (exact) mass is 584 g/mol. The molecule has 1 saturated carbocycles. The van der Waals surface area contributed by atoms with Crippen LogP contribution in [0.15, 0.2) is 72.8 Å². The van der Waals surface area contributed by atoms with Gasteiger partial charge in [0.1, 0.15) is 0 Å². The van der Waals surface area contributed by atoms with E-state index in [2.05, 4.69) is 24.3 Å². The fourth-order valence-corrected chi connectivity index (χ4v) is 7.04. The quantitative estimate of drug-likeness (QED) is 0.279. The maximum atomic E-state index is 13.7. The van der Waals surface area contributed by atoms with Crippen LogP contribution < -0.4 is 11.1 Å². The van der Waals surface area contributed by atoms with Gasteiger partial charge in [0.05, 0.1) is 17.0 Å². The van der Waals surface area contributed by atoms with Crippen LogP contribution >= 0.6 is 11.8 Å². The Morgan fingerprint density at radius 2 is 1.71 bits per heavy atom. The van der Waals surface area contributed by atoms with E-state index in [-0.39, 0.29) is 16.9 Å². The second-order valence-corrected chi connectivity index (χ2v) is 12.3. The first kappa shape index (κ1) is 28.0. The molecule has 6 rings (SSSR count). The Bertz CT molecular complexity index is 1710. The van der Waals surface area contributed by atoms with E-state index < -0.39 is 29.8 Å². The number of nitrogens with zero attached hydrogens (tertiary/aromatic N) is 2. The maximum absolute atomic E-state index is 13.7. The Morgan fingerprint density at radius 1 is 1.02 bits per heavy atom. The van der Waals surface area contributed by atoms with Crippen molar-refractivity contribution in [3.63, 3.8) is 0 Å². The molecule has 1 aromatic heterocycles. The van der Waals surface area contributed by atoms with Crippen molar-refractivity contribution in [2.24, 2.45) is 5.73 Å². The first-order valence-electron chi connectivity index (χ1n) is 14.1. The van der Waals surface area contributed by atoms with Gasteiger partial charge in [0.25, 0.3) is 5.91 Å². The van der Waals surface area contributed by atoms with E-state index in [4.69, 9.17) is 17.5 Å². The molecule has 2 aliphatic carbocycles. The summed E-state index contributed by atoms with van der Waals surface area (Å²) >= 11 is 6.84. The highest BCUT2D eigenvalue weighted by Gasteiger charge is 2.45. The Kier molecular flexibility index (Phi) is 7.07. The number of carbonyl (C=O) groups is 3. The lowest BCUT2D eigenvalue weighted by atomic mass is 9.70. The number of hydrogen-bond acceptors (Lipinski definition) is 4. The van der Waals surface area contributed by atoms with Crippen molar-refractivity contribution >= 4 is 40.5 Å². The number of carbonyl (C=O) groups excluding carboxylic acids is 2. The number of benzene rings is 3. The van der Waals surface area contributed by atoms with Crippen molar-refractivity contribution in [2.45, 2.75) is 42.6 Å². The zero-order valence-electron chi connectivity index (χ0n) is 23.5. The molecule has 3 aromatic carbocycles. The smallest absolute Gasteiger partial charge is 0.335 e. The van der Waals surface area contributed by atoms with Gasteiger partial charge in [-0.3, -0.25) is 13.7 Å². The number of halogens is 1. The zero-order chi connectivity index (χ0) is 29.8. The summed E-state index contributed by atoms with van der Waals surface area (Å²) in [5.41, 5.74) is 10.9. The Labute approximate surface area is 249 Å². The summed E-state index contributed by atoms with van der Waals surface area (Å²) in [7, 11) is 4.15. The van der Waals surface area contributed by atoms with Crippen molar-refractivity contribution < 1.29 is 19.5 Å². The van der Waals surface area contributed by atoms with E-state index >= 15 is 0 Å². The fraction of sp³-hybridized carbons (Fsp3) is 0.303. The molecule has 0 spiro atoms. The number of carboxylic acids is 1. The third-order valence-electron chi connectivity index (χ3n) is 8.84. The number of rotatable bonds is 8. The first-order valence-corrected chi connectivity index (χ1v) is 14.4. The SMILES string of the molecule is CN(C)CC1(c2ccc(C(=O)NC3Cc4ccccc4C(C(N)=O)C3c3cc4ccc(C(=O)O)cc4n3Cl)cc2)CC1. The highest BCUT2D eigenvalue weighted by Crippen LogP contribution is 2.48. The molecule has 42 heavy (non-hydrogen) atoms. The van der Waals surface area contributed by atoms with Gasteiger partial charge < -0.3 is 21.1 Å². The number of nitrogens with two attached hydrogens (primary N) is 1. The molecule has 3 unspecified atom stereocenters. The van der Waals surface area contributed by atoms with Gasteiger partial charge in [0.2, 0.25) is 5.91 Å². The maximum Gasteiger partial charge on any atom is 0.335 e. The Balaban J connectivity index is 1.37. The van der Waals surface area contributed by atoms with Crippen LogP contribution in [0.3, 0.4) is 0 Å². The average Bonchev–Trinajstić information content (AvgIpc) is 3.67. The molecule has 4 aromatic rings. The molecule has 216 valence electrons. The first-order chi connectivity index (χ1) is 20.1. The van der Waals surface area contributed by atoms with Crippen LogP contribution in [0.5, 0.6) is 0 Å². The summed E-state index contributed by atoms with van der Waals surface area (Å²) in [5.74, 6) is -3.19. The zero-order valence-corrected chi connectivity index (χ0v) is 24.3. The molecule has 1 heterocycles. The van der Waals surface area contributed by atoms with Gasteiger partial charge in [0.15, 0.2) is 0 Å². The normalized spacial score (nSPS) is 20.7. The number of carboxylic acid groups (broad SMARTS) is 1. The number of aromatic carboxylic acids is 1. The Morgan fingerprint density at radius 3 is 2.36 bits per heavy atom. The molecule has 9 heteroatoms. The highest BCUT2D eigenvalue weighted by atomic mass is 35.5. The van der Waals surface area contributed by atoms with Gasteiger partial charge in [-0.15, -0.1) is 0 Å². The van der Waals surface area contributed by atoms with E-state index in [9.17, 15) is 19.5 Å². The number of aromatic nitrogens is 1. The van der Waals surface area contributed by atoms with Crippen molar-refractivity contribution in [3.8, 4) is 0 Å². The lowest BCUT2D eigenvalue weighted by molar-refractivity contribution is -0.120. The van der Waals surface area contributed by atoms with Gasteiger partial charge in [-0.2, -0.15) is 0 Å². The van der Waals surface area contributed by atoms with Gasteiger partial charge >= 0.3 is 5.97 Å². The summed E-state index contributed by atoms with van der Waals surface area (Å²) in [5, 5.41) is 13.4. The minimum Gasteiger partial charge on any atom is -0.478 e. The molecule has 8 nitrogen and oxygen atoms in total. The molecule has 1 fully saturated rings. The third kappa shape index (κ3) is 4.95. The van der Waals surface area contributed by atoms with Crippen LogP contribution in [0, 0.1) is 0 Å². The second kappa shape index (κ2) is 10.6. The van der Waals surface area contributed by atoms with Crippen molar-refractivity contribution in [1.82, 2.24) is 14.3 Å². The van der Waals surface area contributed by atoms with Crippen LogP contribution in [0.4, 0.5) is 0 Å². The Hall–Kier alpha value is -4.14. The molecule has 0 aliphatic heterocycles. The predicted molar refractivity (Wildman–Crippen MR) is 162 cm³/mol. The van der Waals surface area contributed by atoms with Crippen molar-refractivity contribution in [3.05, 3.63) is 106 Å². The number of fused-ring (bicyclic) bond motifs is 2. The molecule has 3 atom stereocenters. The molecule has 2 amide bonds. The summed E-state index contributed by atoms with van der Waals surface area (Å²) in [6.45, 7) is 0.969. The minimum absolute atomic E-state index is 0.0985. The van der Waals surface area contributed by atoms with Crippen LogP contribution in [-0.2, 0) is 16.6 Å². The van der Waals surface area contributed by atoms with Gasteiger partial charge in [-0.25, -0.2) is 4.79 Å². The lowest BCUT2D eigenvalue weighted by Gasteiger charge is -2.38. The van der Waals surface area contributed by atoms with E-state index in [0.717, 1.165) is 35.9 Å². The minimum atomic E-state index is -1.07. The summed E-state index contributed by atoms with van der Waals surface area (Å²) in [4.78, 5) is 40.5. The molecule has 0 radical (unpaired) electrons. The largest absolute Gasteiger partial charge is 0.478 e. The van der Waals surface area contributed by atoms with E-state index in [0.29, 0.717) is 23.2 Å². The molecule has 0 bridgehead atoms. The summed E-state index contributed by atoms with van der Waals surface area (Å²) in [6.07, 6.45) is 2.74. The van der Waals surface area contributed by atoms with Crippen LogP contribution in [0.1, 0.15) is 67.8 Å². The fourth-order valence-electron chi connectivity index (χ4n) is 6.73. The summed E-state index contributed by atoms with van der Waals surface area (Å²) in [6, 6.07) is 21.5. The average molecular weight is 585 g/mol. The van der Waals surface area contributed by atoms with Gasteiger partial charge in [-0.05, 0) is 80.4 Å². The van der Waals surface area contributed by atoms with E-state index in [1.54, 1.807) is 6.07 Å². The lowest BCUT2D eigenvalue weighted by Crippen LogP contribution is -2.48. The number of amides is 2. The van der Waals surface area contributed by atoms with Crippen LogP contribution in [0.25, 0.3) is 10.9 Å². The molecule has 2 aliphatic rings. The van der Waals surface area contributed by atoms with Crippen LogP contribution in [-0.4, -0.2) is 58.6 Å². The topological polar surface area (TPSA) is 118 Å². The predicted octanol–water partition coefficient (Wildman–Crippen LogP) is 4.64. The standard InChI is InChI=1S/C33H33ClN4O4/c1-37(2)18-33(13-14-33)23-11-9-19(10-12-23)31(40)36-25-15-20-5-3-4-6-24(20)28(30(35)39)29(25)27-16-21-7-8-22(32(41)42)17-26(21)38(27)34/h3-12,16-17,25,28-29H,13-15,18H2,1-2H3,(H2,35,39)(H,36,40)(H,41,42). The van der Waals surface area contributed by atoms with Gasteiger partial charge in [-0.1, -0.05) is 42.5 Å². The summed E-state index contributed by atoms with van der Waals surface area (Å²) < 4.78 is 1.39. The molecule has 0 saturated heterocycles. The number of primary amides is 1. The number of likely N-dealkylation sites (N-methyl/N-ethyl adjacent to an activating group) is 1. The number of nitrogens with one attached hydrogen (secondary N) is 1. The molecular formula is C33H33ClN4O4. The van der Waals surface area contributed by atoms with E-state index in [1.807, 2.05) is 54.6 Å². The molecule has 4 N–H and O–H groups in total. The van der Waals surface area contributed by atoms with Gasteiger partial charge in [0, 0.05) is 52.3 Å².